The van der Waals surface area contributed by atoms with Gasteiger partial charge in [0, 0.05) is 24.8 Å². The highest BCUT2D eigenvalue weighted by Crippen LogP contribution is 2.28. The molecule has 1 aliphatic heterocycles. The van der Waals surface area contributed by atoms with E-state index in [2.05, 4.69) is 10.2 Å². The number of amides is 1. The number of primary amides is 1. The number of anilines is 1. The maximum atomic E-state index is 11.8. The molecule has 1 fully saturated rings. The summed E-state index contributed by atoms with van der Waals surface area (Å²) in [5, 5.41) is 3.33. The lowest BCUT2D eigenvalue weighted by Crippen LogP contribution is -2.45. The molecule has 0 saturated carbocycles. The number of nitrogens with one attached hydrogen (secondary N) is 1. The number of carbonyl (C=O) groups is 1. The van der Waals surface area contributed by atoms with Gasteiger partial charge >= 0.3 is 0 Å². The van der Waals surface area contributed by atoms with Gasteiger partial charge in [0.05, 0.1) is 5.56 Å². The molecule has 2 aliphatic rings. The van der Waals surface area contributed by atoms with Crippen LogP contribution in [0.4, 0.5) is 5.82 Å². The van der Waals surface area contributed by atoms with Crippen LogP contribution >= 0.6 is 0 Å². The highest BCUT2D eigenvalue weighted by molar-refractivity contribution is 5.98. The molecule has 5 nitrogen and oxygen atoms in total. The van der Waals surface area contributed by atoms with E-state index in [0.29, 0.717) is 11.6 Å². The van der Waals surface area contributed by atoms with Crippen LogP contribution in [0.15, 0.2) is 6.07 Å². The van der Waals surface area contributed by atoms with E-state index in [-0.39, 0.29) is 5.91 Å². The number of nitrogens with two attached hydrogens (primary N) is 1. The van der Waals surface area contributed by atoms with Gasteiger partial charge in [-0.25, -0.2) is 4.98 Å². The third-order valence-electron chi connectivity index (χ3n) is 4.68. The van der Waals surface area contributed by atoms with E-state index in [9.17, 15) is 4.79 Å². The molecule has 21 heavy (non-hydrogen) atoms. The molecular formula is C16H24N4O. The number of hydrogen-bond acceptors (Lipinski definition) is 4. The second-order valence-corrected chi connectivity index (χ2v) is 6.11. The first kappa shape index (κ1) is 14.3. The van der Waals surface area contributed by atoms with Gasteiger partial charge in [-0.2, -0.15) is 0 Å². The van der Waals surface area contributed by atoms with Gasteiger partial charge in [0.2, 0.25) is 0 Å². The van der Waals surface area contributed by atoms with Crippen LogP contribution in [0, 0.1) is 0 Å². The molecule has 1 atom stereocenters. The van der Waals surface area contributed by atoms with E-state index in [1.54, 1.807) is 0 Å². The Morgan fingerprint density at radius 3 is 2.95 bits per heavy atom. The first-order valence-electron chi connectivity index (χ1n) is 7.94. The SMILES string of the molecule is CNC1CCCN(c2nc3c(cc2C(N)=O)CCCC3)C1. The lowest BCUT2D eigenvalue weighted by molar-refractivity contribution is 0.1000. The highest BCUT2D eigenvalue weighted by Gasteiger charge is 2.25. The maximum absolute atomic E-state index is 11.8. The molecule has 1 aromatic rings. The van der Waals surface area contributed by atoms with Crippen LogP contribution in [0.3, 0.4) is 0 Å². The van der Waals surface area contributed by atoms with Gasteiger partial charge in [-0.1, -0.05) is 0 Å². The Morgan fingerprint density at radius 2 is 2.19 bits per heavy atom. The summed E-state index contributed by atoms with van der Waals surface area (Å²) in [6.07, 6.45) is 6.69. The predicted octanol–water partition coefficient (Wildman–Crippen LogP) is 1.25. The van der Waals surface area contributed by atoms with E-state index in [4.69, 9.17) is 10.7 Å². The number of nitrogens with zero attached hydrogens (tertiary/aromatic N) is 2. The van der Waals surface area contributed by atoms with Gasteiger partial charge < -0.3 is 16.0 Å². The van der Waals surface area contributed by atoms with Crippen molar-refractivity contribution in [3.63, 3.8) is 0 Å². The molecular weight excluding hydrogens is 264 g/mol. The predicted molar refractivity (Wildman–Crippen MR) is 83.7 cm³/mol. The summed E-state index contributed by atoms with van der Waals surface area (Å²) in [4.78, 5) is 18.9. The number of likely N-dealkylation sites (N-methyl/N-ethyl adjacent to an activating group) is 1. The van der Waals surface area contributed by atoms with Crippen LogP contribution in [0.2, 0.25) is 0 Å². The van der Waals surface area contributed by atoms with E-state index in [1.165, 1.54) is 24.8 Å². The zero-order chi connectivity index (χ0) is 14.8. The van der Waals surface area contributed by atoms with Crippen molar-refractivity contribution in [2.24, 2.45) is 5.73 Å². The van der Waals surface area contributed by atoms with Crippen LogP contribution in [-0.2, 0) is 12.8 Å². The first-order valence-corrected chi connectivity index (χ1v) is 7.94. The van der Waals surface area contributed by atoms with Crippen LogP contribution in [-0.4, -0.2) is 37.1 Å². The molecule has 2 heterocycles. The van der Waals surface area contributed by atoms with E-state index in [0.717, 1.165) is 43.9 Å². The standard InChI is InChI=1S/C16H24N4O/c1-18-12-6-4-8-20(10-12)16-13(15(17)21)9-11-5-2-3-7-14(11)19-16/h9,12,18H,2-8,10H2,1H3,(H2,17,21). The minimum absolute atomic E-state index is 0.363. The fourth-order valence-electron chi connectivity index (χ4n) is 3.45. The summed E-state index contributed by atoms with van der Waals surface area (Å²) in [5.41, 5.74) is 8.56. The van der Waals surface area contributed by atoms with Crippen molar-refractivity contribution >= 4 is 11.7 Å². The van der Waals surface area contributed by atoms with Crippen molar-refractivity contribution in [3.05, 3.63) is 22.9 Å². The molecule has 0 aromatic carbocycles. The number of carbonyl (C=O) groups excluding carboxylic acids is 1. The number of rotatable bonds is 3. The molecule has 1 unspecified atom stereocenters. The van der Waals surface area contributed by atoms with Gasteiger partial charge in [0.25, 0.3) is 5.91 Å². The summed E-state index contributed by atoms with van der Waals surface area (Å²) in [6, 6.07) is 2.44. The second kappa shape index (κ2) is 6.02. The molecule has 3 rings (SSSR count). The molecule has 1 saturated heterocycles. The molecule has 1 amide bonds. The Bertz CT molecular complexity index is 543. The smallest absolute Gasteiger partial charge is 0.252 e. The number of fused-ring (bicyclic) bond motifs is 1. The largest absolute Gasteiger partial charge is 0.365 e. The normalized spacial score (nSPS) is 22.0. The number of piperidine rings is 1. The van der Waals surface area contributed by atoms with Crippen molar-refractivity contribution in [2.75, 3.05) is 25.0 Å². The van der Waals surface area contributed by atoms with Gasteiger partial charge in [-0.05, 0) is 57.2 Å². The quantitative estimate of drug-likeness (QED) is 0.878. The van der Waals surface area contributed by atoms with Crippen LogP contribution in [0.25, 0.3) is 0 Å². The number of hydrogen-bond donors (Lipinski definition) is 2. The Hall–Kier alpha value is -1.62. The lowest BCUT2D eigenvalue weighted by Gasteiger charge is -2.35. The average Bonchev–Trinajstić information content (AvgIpc) is 2.53. The summed E-state index contributed by atoms with van der Waals surface area (Å²) in [7, 11) is 1.99. The van der Waals surface area contributed by atoms with Gasteiger partial charge in [-0.15, -0.1) is 0 Å². The number of aromatic nitrogens is 1. The van der Waals surface area contributed by atoms with Crippen molar-refractivity contribution in [1.29, 1.82) is 0 Å². The fourth-order valence-corrected chi connectivity index (χ4v) is 3.45. The third kappa shape index (κ3) is 2.88. The van der Waals surface area contributed by atoms with Gasteiger partial charge in [0.15, 0.2) is 0 Å². The Labute approximate surface area is 125 Å². The monoisotopic (exact) mass is 288 g/mol. The molecule has 114 valence electrons. The molecule has 5 heteroatoms. The Morgan fingerprint density at radius 1 is 1.38 bits per heavy atom. The highest BCUT2D eigenvalue weighted by atomic mass is 16.1. The van der Waals surface area contributed by atoms with E-state index in [1.807, 2.05) is 13.1 Å². The molecule has 0 bridgehead atoms. The Balaban J connectivity index is 1.97. The third-order valence-corrected chi connectivity index (χ3v) is 4.68. The van der Waals surface area contributed by atoms with Crippen LogP contribution < -0.4 is 16.0 Å². The molecule has 0 spiro atoms. The summed E-state index contributed by atoms with van der Waals surface area (Å²) >= 11 is 0. The zero-order valence-corrected chi connectivity index (χ0v) is 12.7. The Kier molecular flexibility index (Phi) is 4.10. The van der Waals surface area contributed by atoms with Crippen LogP contribution in [0.1, 0.15) is 47.3 Å². The van der Waals surface area contributed by atoms with Crippen LogP contribution in [0.5, 0.6) is 0 Å². The molecule has 3 N–H and O–H groups in total. The number of aryl methyl sites for hydroxylation is 2. The van der Waals surface area contributed by atoms with Crippen molar-refractivity contribution in [1.82, 2.24) is 10.3 Å². The second-order valence-electron chi connectivity index (χ2n) is 6.11. The van der Waals surface area contributed by atoms with E-state index >= 15 is 0 Å². The van der Waals surface area contributed by atoms with Crippen molar-refractivity contribution in [2.45, 2.75) is 44.6 Å². The average molecular weight is 288 g/mol. The molecule has 0 radical (unpaired) electrons. The number of pyridine rings is 1. The summed E-state index contributed by atoms with van der Waals surface area (Å²) in [6.45, 7) is 1.84. The molecule has 1 aromatic heterocycles. The van der Waals surface area contributed by atoms with Gasteiger partial charge in [-0.3, -0.25) is 4.79 Å². The first-order chi connectivity index (χ1) is 10.2. The maximum Gasteiger partial charge on any atom is 0.252 e. The van der Waals surface area contributed by atoms with Crippen molar-refractivity contribution < 1.29 is 4.79 Å². The summed E-state index contributed by atoms with van der Waals surface area (Å²) in [5.74, 6) is 0.431. The minimum atomic E-state index is -0.363. The summed E-state index contributed by atoms with van der Waals surface area (Å²) < 4.78 is 0. The van der Waals surface area contributed by atoms with Crippen molar-refractivity contribution in [3.8, 4) is 0 Å². The van der Waals surface area contributed by atoms with E-state index < -0.39 is 0 Å². The lowest BCUT2D eigenvalue weighted by atomic mass is 9.94. The molecule has 1 aliphatic carbocycles. The van der Waals surface area contributed by atoms with Gasteiger partial charge in [0.1, 0.15) is 5.82 Å². The fraction of sp³-hybridized carbons (Fsp3) is 0.625. The topological polar surface area (TPSA) is 71.2 Å². The zero-order valence-electron chi connectivity index (χ0n) is 12.7. The minimum Gasteiger partial charge on any atom is -0.365 e.